The summed E-state index contributed by atoms with van der Waals surface area (Å²) < 4.78 is 38.0. The van der Waals surface area contributed by atoms with Gasteiger partial charge in [-0.1, -0.05) is 0 Å². The van der Waals surface area contributed by atoms with Gasteiger partial charge in [-0.15, -0.1) is 0 Å². The molecule has 1 heterocycles. The lowest BCUT2D eigenvalue weighted by molar-refractivity contribution is -0.137. The predicted molar refractivity (Wildman–Crippen MR) is 78.2 cm³/mol. The molecule has 1 aromatic carbocycles. The van der Waals surface area contributed by atoms with Gasteiger partial charge in [0.2, 0.25) is 0 Å². The van der Waals surface area contributed by atoms with Crippen LogP contribution >= 0.6 is 23.5 Å². The normalized spacial score (nSPS) is 19.4. The monoisotopic (exact) mass is 318 g/mol. The minimum atomic E-state index is -4.49. The first-order valence-electron chi connectivity index (χ1n) is 6.05. The van der Waals surface area contributed by atoms with E-state index >= 15 is 0 Å². The van der Waals surface area contributed by atoms with Crippen molar-refractivity contribution in [2.45, 2.75) is 11.4 Å². The van der Waals surface area contributed by atoms with E-state index in [1.54, 1.807) is 6.07 Å². The molecule has 1 fully saturated rings. The molecule has 1 aromatic rings. The van der Waals surface area contributed by atoms with Gasteiger partial charge in [0.15, 0.2) is 0 Å². The smallest absolute Gasteiger partial charge is 0.384 e. The number of alkyl halides is 3. The van der Waals surface area contributed by atoms with E-state index in [0.717, 1.165) is 23.3 Å². The maximum Gasteiger partial charge on any atom is 0.417 e. The van der Waals surface area contributed by atoms with E-state index in [1.165, 1.54) is 12.1 Å². The Balaban J connectivity index is 2.04. The average Bonchev–Trinajstić information content (AvgIpc) is 2.45. The molecule has 0 amide bonds. The molecule has 1 atom stereocenters. The molecule has 0 saturated carbocycles. The van der Waals surface area contributed by atoms with Crippen LogP contribution in [0.15, 0.2) is 18.2 Å². The van der Waals surface area contributed by atoms with Crippen molar-refractivity contribution in [3.63, 3.8) is 0 Å². The van der Waals surface area contributed by atoms with Gasteiger partial charge < -0.3 is 5.32 Å². The van der Waals surface area contributed by atoms with Crippen molar-refractivity contribution in [3.05, 3.63) is 29.3 Å². The van der Waals surface area contributed by atoms with Crippen LogP contribution in [0.2, 0.25) is 0 Å². The van der Waals surface area contributed by atoms with Crippen LogP contribution in [-0.4, -0.2) is 29.1 Å². The van der Waals surface area contributed by atoms with Crippen LogP contribution in [0.4, 0.5) is 18.9 Å². The Kier molecular flexibility index (Phi) is 5.11. The summed E-state index contributed by atoms with van der Waals surface area (Å²) in [4.78, 5) is 0. The third-order valence-corrected chi connectivity index (χ3v) is 5.71. The van der Waals surface area contributed by atoms with Gasteiger partial charge >= 0.3 is 6.18 Å². The van der Waals surface area contributed by atoms with Crippen molar-refractivity contribution in [2.24, 2.45) is 0 Å². The summed E-state index contributed by atoms with van der Waals surface area (Å²) in [6, 6.07) is 5.22. The summed E-state index contributed by atoms with van der Waals surface area (Å²) in [6.45, 7) is 0.702. The molecule has 0 aliphatic carbocycles. The van der Waals surface area contributed by atoms with Crippen molar-refractivity contribution < 1.29 is 13.2 Å². The largest absolute Gasteiger partial charge is 0.417 e. The van der Waals surface area contributed by atoms with Crippen molar-refractivity contribution in [2.75, 3.05) is 29.1 Å². The number of nitrogens with one attached hydrogen (secondary N) is 1. The van der Waals surface area contributed by atoms with Gasteiger partial charge in [-0.2, -0.15) is 42.0 Å². The molecule has 0 spiro atoms. The highest BCUT2D eigenvalue weighted by Gasteiger charge is 2.33. The van der Waals surface area contributed by atoms with Gasteiger partial charge in [0, 0.05) is 34.7 Å². The minimum Gasteiger partial charge on any atom is -0.384 e. The average molecular weight is 318 g/mol. The molecule has 1 unspecified atom stereocenters. The zero-order valence-electron chi connectivity index (χ0n) is 10.5. The van der Waals surface area contributed by atoms with Crippen LogP contribution in [0.3, 0.4) is 0 Å². The summed E-state index contributed by atoms with van der Waals surface area (Å²) in [6.07, 6.45) is -4.49. The molecule has 0 bridgehead atoms. The molecule has 1 aliphatic rings. The summed E-state index contributed by atoms with van der Waals surface area (Å²) in [7, 11) is 0. The number of nitriles is 1. The van der Waals surface area contributed by atoms with E-state index in [1.807, 2.05) is 23.5 Å². The fourth-order valence-corrected chi connectivity index (χ4v) is 4.49. The number of thioether (sulfide) groups is 2. The SMILES string of the molecule is N#Cc1cc(NCC2CSCCS2)ccc1C(F)(F)F. The molecule has 7 heteroatoms. The van der Waals surface area contributed by atoms with Gasteiger partial charge in [-0.25, -0.2) is 0 Å². The molecular formula is C13H13F3N2S2. The maximum atomic E-state index is 12.7. The number of anilines is 1. The molecule has 1 aliphatic heterocycles. The summed E-state index contributed by atoms with van der Waals surface area (Å²) in [5, 5.41) is 12.4. The Bertz CT molecular complexity index is 505. The zero-order valence-corrected chi connectivity index (χ0v) is 12.2. The number of rotatable bonds is 3. The summed E-state index contributed by atoms with van der Waals surface area (Å²) in [5.41, 5.74) is -0.660. The quantitative estimate of drug-likeness (QED) is 0.918. The second-order valence-electron chi connectivity index (χ2n) is 4.32. The summed E-state index contributed by atoms with van der Waals surface area (Å²) in [5.74, 6) is 3.30. The number of halogens is 3. The second kappa shape index (κ2) is 6.64. The molecule has 0 radical (unpaired) electrons. The Morgan fingerprint density at radius 3 is 2.75 bits per heavy atom. The van der Waals surface area contributed by atoms with Crippen LogP contribution in [0.5, 0.6) is 0 Å². The molecular weight excluding hydrogens is 305 g/mol. The zero-order chi connectivity index (χ0) is 14.6. The van der Waals surface area contributed by atoms with Crippen molar-refractivity contribution in [1.29, 1.82) is 5.26 Å². The van der Waals surface area contributed by atoms with E-state index in [0.29, 0.717) is 17.5 Å². The van der Waals surface area contributed by atoms with Gasteiger partial charge in [0.1, 0.15) is 0 Å². The van der Waals surface area contributed by atoms with Crippen LogP contribution in [0.25, 0.3) is 0 Å². The molecule has 1 saturated heterocycles. The molecule has 20 heavy (non-hydrogen) atoms. The van der Waals surface area contributed by atoms with Crippen LogP contribution in [0.1, 0.15) is 11.1 Å². The van der Waals surface area contributed by atoms with Gasteiger partial charge in [-0.3, -0.25) is 0 Å². The number of nitrogens with zero attached hydrogens (tertiary/aromatic N) is 1. The lowest BCUT2D eigenvalue weighted by Gasteiger charge is -2.22. The first kappa shape index (κ1) is 15.4. The fourth-order valence-electron chi connectivity index (χ4n) is 1.88. The van der Waals surface area contributed by atoms with E-state index in [4.69, 9.17) is 5.26 Å². The Morgan fingerprint density at radius 2 is 2.15 bits per heavy atom. The molecule has 2 nitrogen and oxygen atoms in total. The first-order valence-corrected chi connectivity index (χ1v) is 8.25. The number of hydrogen-bond donors (Lipinski definition) is 1. The standard InChI is InChI=1S/C13H13F3N2S2/c14-13(15,16)12-2-1-10(5-9(12)6-17)18-7-11-8-19-3-4-20-11/h1-2,5,11,18H,3-4,7-8H2. The third kappa shape index (κ3) is 4.00. The number of benzene rings is 1. The fraction of sp³-hybridized carbons (Fsp3) is 0.462. The maximum absolute atomic E-state index is 12.7. The lowest BCUT2D eigenvalue weighted by atomic mass is 10.1. The van der Waals surface area contributed by atoms with E-state index < -0.39 is 11.7 Å². The lowest BCUT2D eigenvalue weighted by Crippen LogP contribution is -2.23. The van der Waals surface area contributed by atoms with Crippen molar-refractivity contribution in [3.8, 4) is 6.07 Å². The van der Waals surface area contributed by atoms with E-state index in [2.05, 4.69) is 5.32 Å². The van der Waals surface area contributed by atoms with E-state index in [9.17, 15) is 13.2 Å². The third-order valence-electron chi connectivity index (χ3n) is 2.86. The predicted octanol–water partition coefficient (Wildman–Crippen LogP) is 3.84. The molecule has 108 valence electrons. The molecule has 2 rings (SSSR count). The number of hydrogen-bond acceptors (Lipinski definition) is 4. The second-order valence-corrected chi connectivity index (χ2v) is 6.88. The Morgan fingerprint density at radius 1 is 1.35 bits per heavy atom. The molecule has 1 N–H and O–H groups in total. The van der Waals surface area contributed by atoms with Crippen molar-refractivity contribution in [1.82, 2.24) is 0 Å². The van der Waals surface area contributed by atoms with Gasteiger partial charge in [0.05, 0.1) is 17.2 Å². The highest BCUT2D eigenvalue weighted by atomic mass is 32.2. The highest BCUT2D eigenvalue weighted by Crippen LogP contribution is 2.33. The Hall–Kier alpha value is -1.00. The van der Waals surface area contributed by atoms with Gasteiger partial charge in [-0.05, 0) is 18.2 Å². The van der Waals surface area contributed by atoms with Crippen LogP contribution in [-0.2, 0) is 6.18 Å². The highest BCUT2D eigenvalue weighted by molar-refractivity contribution is 8.06. The van der Waals surface area contributed by atoms with Crippen molar-refractivity contribution >= 4 is 29.2 Å². The summed E-state index contributed by atoms with van der Waals surface area (Å²) >= 11 is 3.76. The van der Waals surface area contributed by atoms with Crippen LogP contribution < -0.4 is 5.32 Å². The van der Waals surface area contributed by atoms with E-state index in [-0.39, 0.29) is 5.56 Å². The Labute approximate surface area is 124 Å². The molecule has 0 aromatic heterocycles. The first-order chi connectivity index (χ1) is 9.50. The van der Waals surface area contributed by atoms with Crippen LogP contribution in [0, 0.1) is 11.3 Å². The topological polar surface area (TPSA) is 35.8 Å². The van der Waals surface area contributed by atoms with Gasteiger partial charge in [0.25, 0.3) is 0 Å². The minimum absolute atomic E-state index is 0.340.